The molecule has 0 atom stereocenters. The largest absolute Gasteiger partial charge is 0.382 e. The molecule has 1 aliphatic carbocycles. The number of imidazole rings is 1. The minimum atomic E-state index is 0.651. The maximum Gasteiger partial charge on any atom is 0.112 e. The molecule has 0 bridgehead atoms. The van der Waals surface area contributed by atoms with E-state index >= 15 is 0 Å². The van der Waals surface area contributed by atoms with Crippen LogP contribution in [0.25, 0.3) is 11.0 Å². The molecule has 1 saturated carbocycles. The zero-order valence-electron chi connectivity index (χ0n) is 11.2. The molecule has 0 unspecified atom stereocenters. The summed E-state index contributed by atoms with van der Waals surface area (Å²) < 4.78 is 7.75. The van der Waals surface area contributed by atoms with E-state index in [0.29, 0.717) is 5.92 Å². The smallest absolute Gasteiger partial charge is 0.112 e. The Labute approximate surface area is 118 Å². The predicted molar refractivity (Wildman–Crippen MR) is 77.8 cm³/mol. The molecule has 0 aliphatic heterocycles. The highest BCUT2D eigenvalue weighted by atomic mass is 35.5. The number of aryl methyl sites for hydroxylation is 1. The number of benzene rings is 1. The number of halogens is 1. The fourth-order valence-electron chi connectivity index (χ4n) is 2.47. The van der Waals surface area contributed by atoms with Gasteiger partial charge in [0.2, 0.25) is 0 Å². The predicted octanol–water partition coefficient (Wildman–Crippen LogP) is 3.99. The first-order chi connectivity index (χ1) is 9.29. The quantitative estimate of drug-likeness (QED) is 0.747. The van der Waals surface area contributed by atoms with Crippen LogP contribution in [-0.2, 0) is 11.3 Å². The minimum Gasteiger partial charge on any atom is -0.382 e. The number of ether oxygens (including phenoxy) is 1. The molecular weight excluding hydrogens is 260 g/mol. The van der Waals surface area contributed by atoms with Gasteiger partial charge in [0.25, 0.3) is 0 Å². The van der Waals surface area contributed by atoms with Gasteiger partial charge in [-0.15, -0.1) is 0 Å². The van der Waals surface area contributed by atoms with Crippen molar-refractivity contribution in [3.63, 3.8) is 0 Å². The maximum atomic E-state index is 6.11. The summed E-state index contributed by atoms with van der Waals surface area (Å²) in [5.74, 6) is 1.88. The van der Waals surface area contributed by atoms with E-state index in [4.69, 9.17) is 21.3 Å². The van der Waals surface area contributed by atoms with Crippen LogP contribution in [-0.4, -0.2) is 22.8 Å². The van der Waals surface area contributed by atoms with Gasteiger partial charge in [-0.05, 0) is 44.4 Å². The molecule has 0 saturated heterocycles. The molecule has 0 spiro atoms. The van der Waals surface area contributed by atoms with Crippen LogP contribution in [0.4, 0.5) is 0 Å². The number of hydrogen-bond acceptors (Lipinski definition) is 2. The lowest BCUT2D eigenvalue weighted by molar-refractivity contribution is 0.141. The number of aromatic nitrogens is 2. The highest BCUT2D eigenvalue weighted by molar-refractivity contribution is 6.31. The van der Waals surface area contributed by atoms with Crippen molar-refractivity contribution in [2.24, 2.45) is 0 Å². The van der Waals surface area contributed by atoms with Crippen molar-refractivity contribution in [1.29, 1.82) is 0 Å². The van der Waals surface area contributed by atoms with Crippen molar-refractivity contribution < 1.29 is 4.74 Å². The van der Waals surface area contributed by atoms with Crippen molar-refractivity contribution in [1.82, 2.24) is 9.55 Å². The third-order valence-electron chi connectivity index (χ3n) is 3.56. The molecule has 1 aromatic carbocycles. The molecule has 0 amide bonds. The lowest BCUT2D eigenvalue weighted by atomic mass is 10.3. The summed E-state index contributed by atoms with van der Waals surface area (Å²) in [6.45, 7) is 4.58. The van der Waals surface area contributed by atoms with E-state index in [1.807, 2.05) is 25.1 Å². The molecule has 1 aliphatic rings. The Balaban J connectivity index is 1.89. The van der Waals surface area contributed by atoms with Crippen LogP contribution in [0.2, 0.25) is 5.02 Å². The third-order valence-corrected chi connectivity index (χ3v) is 3.79. The Hall–Kier alpha value is -1.06. The van der Waals surface area contributed by atoms with E-state index in [2.05, 4.69) is 4.57 Å². The van der Waals surface area contributed by atoms with Crippen molar-refractivity contribution in [2.75, 3.05) is 13.2 Å². The second-order valence-electron chi connectivity index (χ2n) is 5.08. The van der Waals surface area contributed by atoms with Gasteiger partial charge in [-0.2, -0.15) is 0 Å². The first kappa shape index (κ1) is 12.9. The lowest BCUT2D eigenvalue weighted by Gasteiger charge is -2.08. The van der Waals surface area contributed by atoms with Crippen molar-refractivity contribution in [2.45, 2.75) is 38.6 Å². The Morgan fingerprint density at radius 1 is 1.42 bits per heavy atom. The fourth-order valence-corrected chi connectivity index (χ4v) is 2.64. The standard InChI is InChI=1S/C15H19ClN2O/c1-2-19-9-3-8-18-14-10-12(16)6-7-13(14)17-15(18)11-4-5-11/h6-7,10-11H,2-5,8-9H2,1H3. The van der Waals surface area contributed by atoms with E-state index in [0.717, 1.165) is 42.2 Å². The van der Waals surface area contributed by atoms with Crippen LogP contribution in [0, 0.1) is 0 Å². The van der Waals surface area contributed by atoms with Gasteiger partial charge in [-0.3, -0.25) is 0 Å². The molecule has 3 nitrogen and oxygen atoms in total. The van der Waals surface area contributed by atoms with Gasteiger partial charge in [0.15, 0.2) is 0 Å². The summed E-state index contributed by atoms with van der Waals surface area (Å²) >= 11 is 6.11. The number of nitrogens with zero attached hydrogens (tertiary/aromatic N) is 2. The second kappa shape index (κ2) is 5.51. The van der Waals surface area contributed by atoms with Gasteiger partial charge in [0.1, 0.15) is 5.82 Å². The van der Waals surface area contributed by atoms with Crippen LogP contribution in [0.3, 0.4) is 0 Å². The van der Waals surface area contributed by atoms with Crippen molar-refractivity contribution in [3.8, 4) is 0 Å². The van der Waals surface area contributed by atoms with E-state index in [1.165, 1.54) is 18.7 Å². The average molecular weight is 279 g/mol. The molecule has 0 radical (unpaired) electrons. The third kappa shape index (κ3) is 2.77. The minimum absolute atomic E-state index is 0.651. The maximum absolute atomic E-state index is 6.11. The van der Waals surface area contributed by atoms with Gasteiger partial charge in [-0.25, -0.2) is 4.98 Å². The van der Waals surface area contributed by atoms with E-state index in [1.54, 1.807) is 0 Å². The average Bonchev–Trinajstić information content (AvgIpc) is 3.18. The zero-order valence-corrected chi connectivity index (χ0v) is 12.0. The van der Waals surface area contributed by atoms with Gasteiger partial charge in [0, 0.05) is 30.7 Å². The molecule has 0 N–H and O–H groups in total. The number of rotatable bonds is 6. The number of fused-ring (bicyclic) bond motifs is 1. The van der Waals surface area contributed by atoms with Crippen LogP contribution in [0.15, 0.2) is 18.2 Å². The van der Waals surface area contributed by atoms with Crippen molar-refractivity contribution >= 4 is 22.6 Å². The lowest BCUT2D eigenvalue weighted by Crippen LogP contribution is -2.06. The highest BCUT2D eigenvalue weighted by Crippen LogP contribution is 2.41. The molecular formula is C15H19ClN2O. The second-order valence-corrected chi connectivity index (χ2v) is 5.52. The number of hydrogen-bond donors (Lipinski definition) is 0. The summed E-state index contributed by atoms with van der Waals surface area (Å²) in [6, 6.07) is 5.96. The monoisotopic (exact) mass is 278 g/mol. The first-order valence-electron chi connectivity index (χ1n) is 7.03. The normalized spacial score (nSPS) is 15.3. The summed E-state index contributed by atoms with van der Waals surface area (Å²) in [6.07, 6.45) is 3.55. The molecule has 19 heavy (non-hydrogen) atoms. The zero-order chi connectivity index (χ0) is 13.2. The van der Waals surface area contributed by atoms with Crippen LogP contribution < -0.4 is 0 Å². The van der Waals surface area contributed by atoms with Crippen LogP contribution in [0.1, 0.15) is 37.9 Å². The van der Waals surface area contributed by atoms with Gasteiger partial charge in [-0.1, -0.05) is 11.6 Å². The Morgan fingerprint density at radius 2 is 2.26 bits per heavy atom. The first-order valence-corrected chi connectivity index (χ1v) is 7.41. The summed E-state index contributed by atoms with van der Waals surface area (Å²) in [4.78, 5) is 4.78. The molecule has 3 rings (SSSR count). The Morgan fingerprint density at radius 3 is 3.00 bits per heavy atom. The fraction of sp³-hybridized carbons (Fsp3) is 0.533. The molecule has 102 valence electrons. The van der Waals surface area contributed by atoms with E-state index in [9.17, 15) is 0 Å². The summed E-state index contributed by atoms with van der Waals surface area (Å²) in [5.41, 5.74) is 2.22. The topological polar surface area (TPSA) is 27.1 Å². The van der Waals surface area contributed by atoms with Gasteiger partial charge >= 0.3 is 0 Å². The summed E-state index contributed by atoms with van der Waals surface area (Å²) in [5, 5.41) is 0.779. The van der Waals surface area contributed by atoms with Gasteiger partial charge < -0.3 is 9.30 Å². The van der Waals surface area contributed by atoms with Crippen molar-refractivity contribution in [3.05, 3.63) is 29.0 Å². The molecule has 1 aromatic heterocycles. The van der Waals surface area contributed by atoms with E-state index < -0.39 is 0 Å². The summed E-state index contributed by atoms with van der Waals surface area (Å²) in [7, 11) is 0. The molecule has 1 fully saturated rings. The molecule has 2 aromatic rings. The highest BCUT2D eigenvalue weighted by Gasteiger charge is 2.29. The molecule has 1 heterocycles. The van der Waals surface area contributed by atoms with E-state index in [-0.39, 0.29) is 0 Å². The van der Waals surface area contributed by atoms with Crippen LogP contribution >= 0.6 is 11.6 Å². The molecule has 4 heteroatoms. The Bertz CT molecular complexity index is 575. The van der Waals surface area contributed by atoms with Gasteiger partial charge in [0.05, 0.1) is 11.0 Å². The van der Waals surface area contributed by atoms with Crippen LogP contribution in [0.5, 0.6) is 0 Å². The SMILES string of the molecule is CCOCCCn1c(C2CC2)nc2ccc(Cl)cc21. The Kier molecular flexibility index (Phi) is 3.76.